The van der Waals surface area contributed by atoms with Gasteiger partial charge < -0.3 is 14.4 Å². The molecule has 22 heavy (non-hydrogen) atoms. The number of ether oxygens (including phenoxy) is 2. The quantitative estimate of drug-likeness (QED) is 0.794. The van der Waals surface area contributed by atoms with E-state index in [-0.39, 0.29) is 12.2 Å². The number of nitrogens with zero attached hydrogens (tertiary/aromatic N) is 3. The van der Waals surface area contributed by atoms with Crippen LogP contribution >= 0.6 is 0 Å². The van der Waals surface area contributed by atoms with Crippen LogP contribution in [-0.2, 0) is 16.0 Å². The Kier molecular flexibility index (Phi) is 5.41. The van der Waals surface area contributed by atoms with Gasteiger partial charge in [0.15, 0.2) is 0 Å². The molecule has 0 radical (unpaired) electrons. The Bertz CT molecular complexity index is 454. The first-order chi connectivity index (χ1) is 10.7. The van der Waals surface area contributed by atoms with E-state index in [4.69, 9.17) is 9.47 Å². The van der Waals surface area contributed by atoms with Crippen molar-refractivity contribution >= 4 is 0 Å². The average Bonchev–Trinajstić information content (AvgIpc) is 2.86. The molecule has 2 saturated heterocycles. The highest BCUT2D eigenvalue weighted by atomic mass is 16.5. The molecule has 1 aromatic rings. The Labute approximate surface area is 133 Å². The molecule has 3 atom stereocenters. The van der Waals surface area contributed by atoms with Crippen LogP contribution in [-0.4, -0.2) is 73.4 Å². The lowest BCUT2D eigenvalue weighted by Gasteiger charge is -2.32. The summed E-state index contributed by atoms with van der Waals surface area (Å²) >= 11 is 0. The van der Waals surface area contributed by atoms with Gasteiger partial charge >= 0.3 is 0 Å². The van der Waals surface area contributed by atoms with Crippen molar-refractivity contribution in [2.75, 3.05) is 40.4 Å². The van der Waals surface area contributed by atoms with E-state index in [1.807, 2.05) is 18.5 Å². The predicted molar refractivity (Wildman–Crippen MR) is 85.7 cm³/mol. The topological polar surface area (TPSA) is 37.8 Å². The highest BCUT2D eigenvalue weighted by Gasteiger charge is 2.44. The molecule has 1 aromatic heterocycles. The normalized spacial score (nSPS) is 29.0. The van der Waals surface area contributed by atoms with Gasteiger partial charge in [0, 0.05) is 44.7 Å². The smallest absolute Gasteiger partial charge is 0.100 e. The Balaban J connectivity index is 1.61. The lowest BCUT2D eigenvalue weighted by molar-refractivity contribution is -0.0787. The van der Waals surface area contributed by atoms with E-state index in [9.17, 15) is 0 Å². The van der Waals surface area contributed by atoms with E-state index >= 15 is 0 Å². The summed E-state index contributed by atoms with van der Waals surface area (Å²) in [5, 5.41) is 0. The molecule has 0 N–H and O–H groups in total. The summed E-state index contributed by atoms with van der Waals surface area (Å²) in [5.41, 5.74) is 1.26. The zero-order valence-electron chi connectivity index (χ0n) is 13.6. The number of fused-ring (bicyclic) bond motifs is 1. The first kappa shape index (κ1) is 15.9. The zero-order chi connectivity index (χ0) is 15.4. The summed E-state index contributed by atoms with van der Waals surface area (Å²) in [6.45, 7) is 4.49. The molecule has 0 saturated carbocycles. The zero-order valence-corrected chi connectivity index (χ0v) is 13.6. The molecule has 5 heteroatoms. The fraction of sp³-hybridized carbons (Fsp3) is 0.706. The van der Waals surface area contributed by atoms with Gasteiger partial charge in [-0.1, -0.05) is 6.07 Å². The van der Waals surface area contributed by atoms with Crippen molar-refractivity contribution in [3.05, 3.63) is 30.1 Å². The molecular formula is C17H27N3O2. The monoisotopic (exact) mass is 305 g/mol. The van der Waals surface area contributed by atoms with E-state index in [1.54, 1.807) is 0 Å². The first-order valence-electron chi connectivity index (χ1n) is 8.25. The molecule has 0 amide bonds. The van der Waals surface area contributed by atoms with Crippen molar-refractivity contribution in [1.82, 2.24) is 14.8 Å². The van der Waals surface area contributed by atoms with Gasteiger partial charge in [0.1, 0.15) is 6.10 Å². The predicted octanol–water partition coefficient (Wildman–Crippen LogP) is 1.39. The summed E-state index contributed by atoms with van der Waals surface area (Å²) in [6, 6.07) is 4.63. The van der Waals surface area contributed by atoms with E-state index in [2.05, 4.69) is 34.9 Å². The molecule has 0 bridgehead atoms. The van der Waals surface area contributed by atoms with Crippen LogP contribution in [0.5, 0.6) is 0 Å². The van der Waals surface area contributed by atoms with Crippen molar-refractivity contribution in [1.29, 1.82) is 0 Å². The minimum absolute atomic E-state index is 0.196. The number of pyridine rings is 1. The minimum Gasteiger partial charge on any atom is -0.374 e. The fourth-order valence-electron chi connectivity index (χ4n) is 3.45. The third kappa shape index (κ3) is 3.84. The van der Waals surface area contributed by atoms with Crippen LogP contribution in [0.15, 0.2) is 24.5 Å². The maximum atomic E-state index is 6.13. The van der Waals surface area contributed by atoms with Crippen LogP contribution in [0, 0.1) is 0 Å². The standard InChI is InChI=1S/C17H27N3O2/c1-19(2)8-10-21-16-13-20(12-14-5-3-7-18-11-14)15-6-4-9-22-17(15)16/h3,5,7,11,15-17H,4,6,8-10,12-13H2,1-2H3/t15-,16+,17+/m0/s1. The van der Waals surface area contributed by atoms with Crippen molar-refractivity contribution < 1.29 is 9.47 Å². The number of hydrogen-bond donors (Lipinski definition) is 0. The number of likely N-dealkylation sites (N-methyl/N-ethyl adjacent to an activating group) is 1. The molecule has 122 valence electrons. The van der Waals surface area contributed by atoms with Gasteiger partial charge in [0.25, 0.3) is 0 Å². The molecule has 0 aromatic carbocycles. The maximum Gasteiger partial charge on any atom is 0.100 e. The summed E-state index contributed by atoms with van der Waals surface area (Å²) < 4.78 is 12.2. The summed E-state index contributed by atoms with van der Waals surface area (Å²) in [7, 11) is 4.15. The summed E-state index contributed by atoms with van der Waals surface area (Å²) in [6.07, 6.45) is 6.56. The van der Waals surface area contributed by atoms with Crippen molar-refractivity contribution in [3.8, 4) is 0 Å². The molecular weight excluding hydrogens is 278 g/mol. The summed E-state index contributed by atoms with van der Waals surface area (Å²) in [4.78, 5) is 8.89. The SMILES string of the molecule is CN(C)CCO[C@@H]1CN(Cc2cccnc2)[C@H]2CCCO[C@@H]12. The highest BCUT2D eigenvalue weighted by molar-refractivity contribution is 5.10. The maximum absolute atomic E-state index is 6.13. The molecule has 0 unspecified atom stereocenters. The van der Waals surface area contributed by atoms with Crippen molar-refractivity contribution in [2.45, 2.75) is 37.6 Å². The van der Waals surface area contributed by atoms with E-state index < -0.39 is 0 Å². The number of rotatable bonds is 6. The Hall–Kier alpha value is -1.01. The van der Waals surface area contributed by atoms with Gasteiger partial charge in [-0.2, -0.15) is 0 Å². The Morgan fingerprint density at radius 3 is 3.14 bits per heavy atom. The first-order valence-corrected chi connectivity index (χ1v) is 8.25. The van der Waals surface area contributed by atoms with E-state index in [0.29, 0.717) is 6.04 Å². The van der Waals surface area contributed by atoms with Crippen LogP contribution in [0.3, 0.4) is 0 Å². The molecule has 3 rings (SSSR count). The number of aromatic nitrogens is 1. The third-order valence-electron chi connectivity index (χ3n) is 4.56. The molecule has 2 fully saturated rings. The van der Waals surface area contributed by atoms with Gasteiger partial charge in [-0.05, 0) is 38.6 Å². The highest BCUT2D eigenvalue weighted by Crippen LogP contribution is 2.31. The van der Waals surface area contributed by atoms with Crippen LogP contribution in [0.2, 0.25) is 0 Å². The van der Waals surface area contributed by atoms with Crippen LogP contribution in [0.1, 0.15) is 18.4 Å². The molecule has 3 heterocycles. The molecule has 2 aliphatic heterocycles. The second-order valence-electron chi connectivity index (χ2n) is 6.55. The van der Waals surface area contributed by atoms with Gasteiger partial charge in [0.2, 0.25) is 0 Å². The molecule has 0 spiro atoms. The van der Waals surface area contributed by atoms with Gasteiger partial charge in [0.05, 0.1) is 12.7 Å². The van der Waals surface area contributed by atoms with Crippen molar-refractivity contribution in [3.63, 3.8) is 0 Å². The lowest BCUT2D eigenvalue weighted by atomic mass is 10.0. The molecule has 0 aliphatic carbocycles. The van der Waals surface area contributed by atoms with E-state index in [0.717, 1.165) is 39.3 Å². The Morgan fingerprint density at radius 1 is 1.45 bits per heavy atom. The largest absolute Gasteiger partial charge is 0.374 e. The Morgan fingerprint density at radius 2 is 2.36 bits per heavy atom. The van der Waals surface area contributed by atoms with Gasteiger partial charge in [-0.25, -0.2) is 0 Å². The second-order valence-corrected chi connectivity index (χ2v) is 6.55. The van der Waals surface area contributed by atoms with Crippen LogP contribution < -0.4 is 0 Å². The number of likely N-dealkylation sites (tertiary alicyclic amines) is 1. The minimum atomic E-state index is 0.196. The van der Waals surface area contributed by atoms with Gasteiger partial charge in [-0.3, -0.25) is 9.88 Å². The lowest BCUT2D eigenvalue weighted by Crippen LogP contribution is -2.42. The summed E-state index contributed by atoms with van der Waals surface area (Å²) in [5.74, 6) is 0. The van der Waals surface area contributed by atoms with Gasteiger partial charge in [-0.15, -0.1) is 0 Å². The van der Waals surface area contributed by atoms with Crippen LogP contribution in [0.4, 0.5) is 0 Å². The average molecular weight is 305 g/mol. The fourth-order valence-corrected chi connectivity index (χ4v) is 3.45. The molecule has 2 aliphatic rings. The number of hydrogen-bond acceptors (Lipinski definition) is 5. The second kappa shape index (κ2) is 7.51. The third-order valence-corrected chi connectivity index (χ3v) is 4.56. The van der Waals surface area contributed by atoms with Crippen LogP contribution in [0.25, 0.3) is 0 Å². The molecule has 5 nitrogen and oxygen atoms in total. The van der Waals surface area contributed by atoms with E-state index in [1.165, 1.54) is 12.0 Å². The van der Waals surface area contributed by atoms with Crippen molar-refractivity contribution in [2.24, 2.45) is 0 Å².